The minimum atomic E-state index is -0.235. The molecule has 9 atom stereocenters. The molecule has 3 fully saturated rings. The molecule has 0 radical (unpaired) electrons. The molecule has 9 unspecified atom stereocenters. The SMILES string of the molecule is CC(CO)CCCCC1C(O)CC2C1(C)CCC1C3(C)CCC(O)CC3=CCC12N. The molecule has 0 aliphatic heterocycles. The highest BCUT2D eigenvalue weighted by Crippen LogP contribution is 2.67. The molecule has 4 rings (SSSR count). The zero-order chi connectivity index (χ0) is 21.7. The highest BCUT2D eigenvalue weighted by Gasteiger charge is 2.65. The molecule has 4 aliphatic rings. The van der Waals surface area contributed by atoms with Crippen LogP contribution in [0.15, 0.2) is 11.6 Å². The van der Waals surface area contributed by atoms with Crippen LogP contribution in [0.25, 0.3) is 0 Å². The topological polar surface area (TPSA) is 86.7 Å². The first-order valence-corrected chi connectivity index (χ1v) is 12.6. The molecule has 172 valence electrons. The average Bonchev–Trinajstić information content (AvgIpc) is 2.97. The van der Waals surface area contributed by atoms with Gasteiger partial charge in [-0.2, -0.15) is 0 Å². The smallest absolute Gasteiger partial charge is 0.0577 e. The maximum absolute atomic E-state index is 11.1. The highest BCUT2D eigenvalue weighted by atomic mass is 16.3. The normalized spacial score (nSPS) is 49.0. The van der Waals surface area contributed by atoms with Gasteiger partial charge < -0.3 is 21.1 Å². The van der Waals surface area contributed by atoms with Crippen LogP contribution in [-0.4, -0.2) is 39.7 Å². The Morgan fingerprint density at radius 2 is 1.90 bits per heavy atom. The van der Waals surface area contributed by atoms with E-state index in [0.717, 1.165) is 64.2 Å². The van der Waals surface area contributed by atoms with Crippen molar-refractivity contribution in [2.45, 2.75) is 109 Å². The van der Waals surface area contributed by atoms with Gasteiger partial charge in [-0.25, -0.2) is 0 Å². The molecule has 0 spiro atoms. The lowest BCUT2D eigenvalue weighted by Crippen LogP contribution is -2.66. The Morgan fingerprint density at radius 3 is 2.63 bits per heavy atom. The van der Waals surface area contributed by atoms with E-state index in [1.807, 2.05) is 0 Å². The molecule has 4 nitrogen and oxygen atoms in total. The van der Waals surface area contributed by atoms with E-state index in [9.17, 15) is 15.3 Å². The summed E-state index contributed by atoms with van der Waals surface area (Å²) in [6.07, 6.45) is 13.2. The summed E-state index contributed by atoms with van der Waals surface area (Å²) in [6.45, 7) is 7.21. The fourth-order valence-corrected chi connectivity index (χ4v) is 8.43. The van der Waals surface area contributed by atoms with Gasteiger partial charge in [-0.1, -0.05) is 45.3 Å². The van der Waals surface area contributed by atoms with E-state index in [0.29, 0.717) is 23.7 Å². The van der Waals surface area contributed by atoms with E-state index in [4.69, 9.17) is 5.73 Å². The fourth-order valence-electron chi connectivity index (χ4n) is 8.43. The van der Waals surface area contributed by atoms with Crippen LogP contribution in [0.4, 0.5) is 0 Å². The predicted octanol–water partition coefficient (Wildman–Crippen LogP) is 4.17. The third-order valence-electron chi connectivity index (χ3n) is 10.3. The molecule has 0 amide bonds. The van der Waals surface area contributed by atoms with Crippen molar-refractivity contribution in [3.8, 4) is 0 Å². The summed E-state index contributed by atoms with van der Waals surface area (Å²) in [5.74, 6) is 1.57. The van der Waals surface area contributed by atoms with Crippen LogP contribution in [0, 0.1) is 34.5 Å². The Kier molecular flexibility index (Phi) is 6.20. The summed E-state index contributed by atoms with van der Waals surface area (Å²) in [7, 11) is 0. The second-order valence-electron chi connectivity index (χ2n) is 12.0. The number of aliphatic hydroxyl groups is 3. The van der Waals surface area contributed by atoms with Crippen LogP contribution in [0.5, 0.6) is 0 Å². The van der Waals surface area contributed by atoms with E-state index < -0.39 is 0 Å². The van der Waals surface area contributed by atoms with E-state index in [1.165, 1.54) is 12.0 Å². The van der Waals surface area contributed by atoms with Crippen molar-refractivity contribution in [2.24, 2.45) is 40.2 Å². The van der Waals surface area contributed by atoms with Crippen LogP contribution in [0.1, 0.15) is 91.4 Å². The first kappa shape index (κ1) is 22.8. The maximum Gasteiger partial charge on any atom is 0.0577 e. The van der Waals surface area contributed by atoms with E-state index in [2.05, 4.69) is 26.8 Å². The largest absolute Gasteiger partial charge is 0.396 e. The van der Waals surface area contributed by atoms with Gasteiger partial charge in [0.1, 0.15) is 0 Å². The lowest BCUT2D eigenvalue weighted by molar-refractivity contribution is -0.0698. The van der Waals surface area contributed by atoms with Crippen LogP contribution in [0.2, 0.25) is 0 Å². The number of fused-ring (bicyclic) bond motifs is 5. The standard InChI is InChI=1S/C26H45NO3/c1-17(16-28)6-4-5-7-20-21(30)15-23-25(20,3)12-10-22-24(2)11-9-19(29)14-18(24)8-13-26(22,23)27/h8,17,19-23,28-30H,4-7,9-16,27H2,1-3H3. The number of nitrogens with two attached hydrogens (primary N) is 1. The molecular formula is C26H45NO3. The van der Waals surface area contributed by atoms with E-state index >= 15 is 0 Å². The Morgan fingerprint density at radius 1 is 1.13 bits per heavy atom. The second-order valence-corrected chi connectivity index (χ2v) is 12.0. The monoisotopic (exact) mass is 419 g/mol. The Labute approximate surface area is 183 Å². The lowest BCUT2D eigenvalue weighted by Gasteiger charge is -2.62. The summed E-state index contributed by atoms with van der Waals surface area (Å²) in [4.78, 5) is 0. The molecule has 30 heavy (non-hydrogen) atoms. The van der Waals surface area contributed by atoms with Gasteiger partial charge in [-0.05, 0) is 92.3 Å². The van der Waals surface area contributed by atoms with Gasteiger partial charge in [0.25, 0.3) is 0 Å². The van der Waals surface area contributed by atoms with Gasteiger partial charge in [0.2, 0.25) is 0 Å². The second kappa shape index (κ2) is 8.17. The summed E-state index contributed by atoms with van der Waals surface area (Å²) >= 11 is 0. The van der Waals surface area contributed by atoms with Gasteiger partial charge in [0.15, 0.2) is 0 Å². The van der Waals surface area contributed by atoms with E-state index in [-0.39, 0.29) is 35.2 Å². The van der Waals surface area contributed by atoms with Gasteiger partial charge in [-0.15, -0.1) is 0 Å². The first-order valence-electron chi connectivity index (χ1n) is 12.6. The molecule has 0 saturated heterocycles. The van der Waals surface area contributed by atoms with Crippen molar-refractivity contribution in [3.63, 3.8) is 0 Å². The van der Waals surface area contributed by atoms with Crippen LogP contribution in [-0.2, 0) is 0 Å². The number of aliphatic hydroxyl groups excluding tert-OH is 3. The van der Waals surface area contributed by atoms with Gasteiger partial charge in [0.05, 0.1) is 12.2 Å². The quantitative estimate of drug-likeness (QED) is 0.384. The number of rotatable bonds is 6. The van der Waals surface area contributed by atoms with Crippen LogP contribution >= 0.6 is 0 Å². The predicted molar refractivity (Wildman–Crippen MR) is 121 cm³/mol. The zero-order valence-electron chi connectivity index (χ0n) is 19.4. The first-order chi connectivity index (χ1) is 14.1. The minimum Gasteiger partial charge on any atom is -0.396 e. The third-order valence-corrected chi connectivity index (χ3v) is 10.3. The van der Waals surface area contributed by atoms with Gasteiger partial charge >= 0.3 is 0 Å². The van der Waals surface area contributed by atoms with Crippen molar-refractivity contribution >= 4 is 0 Å². The molecular weight excluding hydrogens is 374 g/mol. The van der Waals surface area contributed by atoms with Gasteiger partial charge in [0, 0.05) is 12.1 Å². The highest BCUT2D eigenvalue weighted by molar-refractivity contribution is 5.30. The molecule has 0 heterocycles. The Bertz CT molecular complexity index is 665. The average molecular weight is 420 g/mol. The van der Waals surface area contributed by atoms with Crippen molar-refractivity contribution in [2.75, 3.05) is 6.61 Å². The Balaban J connectivity index is 1.52. The Hall–Kier alpha value is -0.420. The zero-order valence-corrected chi connectivity index (χ0v) is 19.4. The third kappa shape index (κ3) is 3.50. The van der Waals surface area contributed by atoms with Crippen molar-refractivity contribution in [3.05, 3.63) is 11.6 Å². The van der Waals surface area contributed by atoms with Crippen molar-refractivity contribution < 1.29 is 15.3 Å². The number of unbranched alkanes of at least 4 members (excludes halogenated alkanes) is 1. The van der Waals surface area contributed by atoms with Crippen molar-refractivity contribution in [1.82, 2.24) is 0 Å². The summed E-state index contributed by atoms with van der Waals surface area (Å²) in [6, 6.07) is 0. The van der Waals surface area contributed by atoms with Crippen molar-refractivity contribution in [1.29, 1.82) is 0 Å². The van der Waals surface area contributed by atoms with Crippen LogP contribution < -0.4 is 5.73 Å². The van der Waals surface area contributed by atoms with E-state index in [1.54, 1.807) is 0 Å². The number of hydrogen-bond donors (Lipinski definition) is 4. The molecule has 0 bridgehead atoms. The minimum absolute atomic E-state index is 0.122. The lowest BCUT2D eigenvalue weighted by atomic mass is 9.44. The number of hydrogen-bond acceptors (Lipinski definition) is 4. The fraction of sp³-hybridized carbons (Fsp3) is 0.923. The summed E-state index contributed by atoms with van der Waals surface area (Å²) < 4.78 is 0. The molecule has 5 N–H and O–H groups in total. The van der Waals surface area contributed by atoms with Gasteiger partial charge in [-0.3, -0.25) is 0 Å². The van der Waals surface area contributed by atoms with Crippen LogP contribution in [0.3, 0.4) is 0 Å². The molecule has 4 aliphatic carbocycles. The molecule has 0 aromatic rings. The molecule has 4 heteroatoms. The maximum atomic E-state index is 11.1. The molecule has 3 saturated carbocycles. The summed E-state index contributed by atoms with van der Waals surface area (Å²) in [5, 5.41) is 30.6. The molecule has 0 aromatic heterocycles. The summed E-state index contributed by atoms with van der Waals surface area (Å²) in [5.41, 5.74) is 8.82. The molecule has 0 aromatic carbocycles.